The largest absolute Gasteiger partial charge is 0.319 e. The van der Waals surface area contributed by atoms with E-state index in [2.05, 4.69) is 0 Å². The van der Waals surface area contributed by atoms with E-state index in [1.807, 2.05) is 34.6 Å². The van der Waals surface area contributed by atoms with Gasteiger partial charge in [-0.1, -0.05) is 27.7 Å². The lowest BCUT2D eigenvalue weighted by atomic mass is 9.75. The number of carbonyl (C=O) groups excluding carboxylic acids is 1. The lowest BCUT2D eigenvalue weighted by Crippen LogP contribution is -2.50. The van der Waals surface area contributed by atoms with Crippen molar-refractivity contribution in [1.29, 1.82) is 0 Å². The van der Waals surface area contributed by atoms with Crippen LogP contribution in [-0.4, -0.2) is 11.3 Å². The molecule has 0 radical (unpaired) electrons. The quantitative estimate of drug-likeness (QED) is 0.704. The third kappa shape index (κ3) is 2.31. The van der Waals surface area contributed by atoms with Crippen LogP contribution in [-0.2, 0) is 4.79 Å². The molecule has 2 nitrogen and oxygen atoms in total. The summed E-state index contributed by atoms with van der Waals surface area (Å²) in [5.74, 6) is 0.167. The number of ketones is 1. The lowest BCUT2D eigenvalue weighted by molar-refractivity contribution is -0.132. The first-order chi connectivity index (χ1) is 5.28. The van der Waals surface area contributed by atoms with E-state index < -0.39 is 5.54 Å². The number of hydrogen-bond donors (Lipinski definition) is 1. The van der Waals surface area contributed by atoms with Crippen molar-refractivity contribution >= 4 is 5.78 Å². The molecule has 0 aromatic rings. The van der Waals surface area contributed by atoms with Gasteiger partial charge in [0, 0.05) is 5.41 Å². The van der Waals surface area contributed by atoms with E-state index in [1.54, 1.807) is 0 Å². The molecule has 2 N–H and O–H groups in total. The molecule has 0 aliphatic heterocycles. The summed E-state index contributed by atoms with van der Waals surface area (Å²) in [5, 5.41) is 0. The summed E-state index contributed by atoms with van der Waals surface area (Å²) in [6.07, 6.45) is 1.55. The van der Waals surface area contributed by atoms with Crippen LogP contribution in [0.15, 0.2) is 0 Å². The van der Waals surface area contributed by atoms with Crippen LogP contribution in [0.25, 0.3) is 0 Å². The first kappa shape index (κ1) is 11.6. The number of carbonyl (C=O) groups is 1. The van der Waals surface area contributed by atoms with Gasteiger partial charge in [-0.15, -0.1) is 0 Å². The summed E-state index contributed by atoms with van der Waals surface area (Å²) >= 11 is 0. The zero-order valence-electron chi connectivity index (χ0n) is 8.90. The molecule has 0 aliphatic rings. The van der Waals surface area contributed by atoms with Gasteiger partial charge in [0.1, 0.15) is 0 Å². The second-order valence-electron chi connectivity index (χ2n) is 4.34. The second kappa shape index (κ2) is 3.56. The Balaban J connectivity index is 4.60. The summed E-state index contributed by atoms with van der Waals surface area (Å²) in [4.78, 5) is 11.8. The maximum absolute atomic E-state index is 11.8. The van der Waals surface area contributed by atoms with Crippen molar-refractivity contribution in [3.8, 4) is 0 Å². The van der Waals surface area contributed by atoms with E-state index in [4.69, 9.17) is 5.73 Å². The zero-order valence-corrected chi connectivity index (χ0v) is 8.90. The summed E-state index contributed by atoms with van der Waals surface area (Å²) < 4.78 is 0. The molecule has 0 rings (SSSR count). The minimum absolute atomic E-state index is 0.167. The van der Waals surface area contributed by atoms with Gasteiger partial charge in [-0.3, -0.25) is 4.79 Å². The minimum Gasteiger partial charge on any atom is -0.319 e. The lowest BCUT2D eigenvalue weighted by Gasteiger charge is -2.31. The van der Waals surface area contributed by atoms with Crippen LogP contribution in [0.3, 0.4) is 0 Å². The van der Waals surface area contributed by atoms with Crippen LogP contribution in [0, 0.1) is 5.41 Å². The Morgan fingerprint density at radius 1 is 1.17 bits per heavy atom. The molecule has 0 bridgehead atoms. The van der Waals surface area contributed by atoms with Gasteiger partial charge in [-0.2, -0.15) is 0 Å². The average Bonchev–Trinajstić information content (AvgIpc) is 2.03. The fraction of sp³-hybridized carbons (Fsp3) is 0.900. The van der Waals surface area contributed by atoms with Gasteiger partial charge in [-0.05, 0) is 19.8 Å². The molecule has 0 spiro atoms. The van der Waals surface area contributed by atoms with Crippen LogP contribution >= 0.6 is 0 Å². The van der Waals surface area contributed by atoms with Crippen molar-refractivity contribution in [3.05, 3.63) is 0 Å². The topological polar surface area (TPSA) is 43.1 Å². The van der Waals surface area contributed by atoms with Gasteiger partial charge in [0.2, 0.25) is 0 Å². The number of Topliss-reactive ketones (excluding diaryl/α,β-unsaturated/α-hetero) is 1. The molecule has 0 heterocycles. The first-order valence-corrected chi connectivity index (χ1v) is 4.61. The molecular weight excluding hydrogens is 150 g/mol. The second-order valence-corrected chi connectivity index (χ2v) is 4.34. The highest BCUT2D eigenvalue weighted by molar-refractivity contribution is 5.92. The van der Waals surface area contributed by atoms with Crippen LogP contribution in [0.4, 0.5) is 0 Å². The smallest absolute Gasteiger partial charge is 0.157 e. The molecule has 0 aromatic heterocycles. The molecule has 0 saturated carbocycles. The fourth-order valence-electron chi connectivity index (χ4n) is 1.09. The normalized spacial score (nSPS) is 17.2. The minimum atomic E-state index is -0.653. The van der Waals surface area contributed by atoms with E-state index >= 15 is 0 Å². The molecule has 12 heavy (non-hydrogen) atoms. The van der Waals surface area contributed by atoms with Gasteiger partial charge in [0.25, 0.3) is 0 Å². The highest BCUT2D eigenvalue weighted by atomic mass is 16.1. The molecule has 0 amide bonds. The summed E-state index contributed by atoms with van der Waals surface area (Å²) in [6, 6.07) is 0. The fourth-order valence-corrected chi connectivity index (χ4v) is 1.09. The standard InChI is InChI=1S/C10H21NO/c1-6-9(3,4)8(12)10(5,11)7-2/h6-7,11H2,1-5H3. The van der Waals surface area contributed by atoms with Crippen molar-refractivity contribution in [2.45, 2.75) is 53.0 Å². The van der Waals surface area contributed by atoms with E-state index in [0.717, 1.165) is 6.42 Å². The molecule has 0 fully saturated rings. The molecule has 0 aromatic carbocycles. The molecule has 1 atom stereocenters. The zero-order chi connectivity index (χ0) is 9.99. The average molecular weight is 171 g/mol. The molecule has 0 saturated heterocycles. The van der Waals surface area contributed by atoms with E-state index in [9.17, 15) is 4.79 Å². The van der Waals surface area contributed by atoms with Crippen molar-refractivity contribution in [2.24, 2.45) is 11.1 Å². The highest BCUT2D eigenvalue weighted by Gasteiger charge is 2.36. The van der Waals surface area contributed by atoms with Crippen LogP contribution in [0.2, 0.25) is 0 Å². The van der Waals surface area contributed by atoms with Crippen LogP contribution in [0.1, 0.15) is 47.5 Å². The van der Waals surface area contributed by atoms with Gasteiger partial charge in [0.15, 0.2) is 5.78 Å². The Bertz CT molecular complexity index is 153. The summed E-state index contributed by atoms with van der Waals surface area (Å²) in [5.41, 5.74) is 4.94. The van der Waals surface area contributed by atoms with Gasteiger partial charge in [-0.25, -0.2) is 0 Å². The van der Waals surface area contributed by atoms with Gasteiger partial charge < -0.3 is 5.73 Å². The van der Waals surface area contributed by atoms with Gasteiger partial charge >= 0.3 is 0 Å². The molecule has 0 aliphatic carbocycles. The Morgan fingerprint density at radius 2 is 1.58 bits per heavy atom. The van der Waals surface area contributed by atoms with E-state index in [-0.39, 0.29) is 11.2 Å². The maximum Gasteiger partial charge on any atom is 0.157 e. The third-order valence-corrected chi connectivity index (χ3v) is 2.75. The predicted molar refractivity (Wildman–Crippen MR) is 52.0 cm³/mol. The van der Waals surface area contributed by atoms with Gasteiger partial charge in [0.05, 0.1) is 5.54 Å². The Kier molecular flexibility index (Phi) is 3.45. The van der Waals surface area contributed by atoms with Crippen molar-refractivity contribution < 1.29 is 4.79 Å². The van der Waals surface area contributed by atoms with Crippen molar-refractivity contribution in [2.75, 3.05) is 0 Å². The third-order valence-electron chi connectivity index (χ3n) is 2.75. The van der Waals surface area contributed by atoms with E-state index in [0.29, 0.717) is 6.42 Å². The van der Waals surface area contributed by atoms with Crippen LogP contribution in [0.5, 0.6) is 0 Å². The van der Waals surface area contributed by atoms with Crippen molar-refractivity contribution in [3.63, 3.8) is 0 Å². The first-order valence-electron chi connectivity index (χ1n) is 4.61. The van der Waals surface area contributed by atoms with E-state index in [1.165, 1.54) is 0 Å². The monoisotopic (exact) mass is 171 g/mol. The summed E-state index contributed by atoms with van der Waals surface area (Å²) in [6.45, 7) is 9.69. The van der Waals surface area contributed by atoms with Crippen LogP contribution < -0.4 is 5.73 Å². The Morgan fingerprint density at radius 3 is 1.83 bits per heavy atom. The number of hydrogen-bond acceptors (Lipinski definition) is 2. The SMILES string of the molecule is CCC(C)(C)C(=O)C(C)(N)CC. The molecule has 2 heteroatoms. The predicted octanol–water partition coefficient (Wildman–Crippen LogP) is 2.12. The summed E-state index contributed by atoms with van der Waals surface area (Å²) in [7, 11) is 0. The number of rotatable bonds is 4. The highest BCUT2D eigenvalue weighted by Crippen LogP contribution is 2.27. The number of nitrogens with two attached hydrogens (primary N) is 1. The molecule has 1 unspecified atom stereocenters. The Hall–Kier alpha value is -0.370. The molecule has 72 valence electrons. The molecular formula is C10H21NO. The maximum atomic E-state index is 11.8. The van der Waals surface area contributed by atoms with Crippen molar-refractivity contribution in [1.82, 2.24) is 0 Å². The Labute approximate surface area is 75.5 Å².